The zero-order valence-electron chi connectivity index (χ0n) is 13.8. The molecule has 0 aliphatic heterocycles. The summed E-state index contributed by atoms with van der Waals surface area (Å²) in [4.78, 5) is 32.4. The highest BCUT2D eigenvalue weighted by Crippen LogP contribution is 2.39. The molecule has 1 N–H and O–H groups in total. The van der Waals surface area contributed by atoms with E-state index in [1.807, 2.05) is 0 Å². The fourth-order valence-corrected chi connectivity index (χ4v) is 2.28. The molecule has 1 aromatic heterocycles. The Morgan fingerprint density at radius 1 is 0.893 bits per heavy atom. The first kappa shape index (κ1) is 18.4. The summed E-state index contributed by atoms with van der Waals surface area (Å²) in [7, 11) is 0. The van der Waals surface area contributed by atoms with E-state index in [0.29, 0.717) is 0 Å². The Morgan fingerprint density at radius 2 is 1.54 bits per heavy atom. The van der Waals surface area contributed by atoms with Crippen molar-refractivity contribution in [2.24, 2.45) is 0 Å². The molecule has 0 amide bonds. The number of benzene rings is 2. The van der Waals surface area contributed by atoms with Crippen molar-refractivity contribution in [1.29, 1.82) is 0 Å². The molecular formula is C17H10N2O9. The van der Waals surface area contributed by atoms with E-state index >= 15 is 0 Å². The lowest BCUT2D eigenvalue weighted by molar-refractivity contribution is -0.385. The minimum absolute atomic E-state index is 0.00906. The van der Waals surface area contributed by atoms with Crippen LogP contribution in [0, 0.1) is 20.2 Å². The van der Waals surface area contributed by atoms with Crippen molar-refractivity contribution in [1.82, 2.24) is 0 Å². The van der Waals surface area contributed by atoms with Crippen molar-refractivity contribution in [3.8, 4) is 28.6 Å². The third kappa shape index (κ3) is 3.88. The molecule has 3 aromatic rings. The summed E-state index contributed by atoms with van der Waals surface area (Å²) in [5, 5.41) is 31.4. The van der Waals surface area contributed by atoms with E-state index in [-0.39, 0.29) is 34.0 Å². The van der Waals surface area contributed by atoms with E-state index in [0.717, 1.165) is 36.6 Å². The van der Waals surface area contributed by atoms with Gasteiger partial charge in [-0.1, -0.05) is 0 Å². The number of aromatic hydroxyl groups is 1. The van der Waals surface area contributed by atoms with E-state index in [4.69, 9.17) is 13.9 Å². The average Bonchev–Trinajstić information content (AvgIpc) is 3.08. The molecule has 0 aliphatic carbocycles. The van der Waals surface area contributed by atoms with Crippen LogP contribution < -0.4 is 9.47 Å². The zero-order chi connectivity index (χ0) is 20.3. The van der Waals surface area contributed by atoms with Crippen LogP contribution in [0.3, 0.4) is 0 Å². The Labute approximate surface area is 155 Å². The number of nitrogens with zero attached hydrogens (tertiary/aromatic N) is 2. The largest absolute Gasteiger partial charge is 0.519 e. The maximum Gasteiger partial charge on any atom is 0.519 e. The number of nitro groups is 2. The summed E-state index contributed by atoms with van der Waals surface area (Å²) in [6, 6.07) is 9.40. The van der Waals surface area contributed by atoms with Gasteiger partial charge in [0.25, 0.3) is 17.3 Å². The van der Waals surface area contributed by atoms with Crippen molar-refractivity contribution in [3.63, 3.8) is 0 Å². The minimum Gasteiger partial charge on any atom is -0.480 e. The zero-order valence-corrected chi connectivity index (χ0v) is 13.8. The maximum atomic E-state index is 12.0. The predicted octanol–water partition coefficient (Wildman–Crippen LogP) is 4.05. The molecule has 11 nitrogen and oxygen atoms in total. The van der Waals surface area contributed by atoms with Crippen LogP contribution >= 0.6 is 0 Å². The van der Waals surface area contributed by atoms with Gasteiger partial charge in [-0.05, 0) is 24.3 Å². The lowest BCUT2D eigenvalue weighted by Gasteiger charge is -2.09. The van der Waals surface area contributed by atoms with Crippen molar-refractivity contribution >= 4 is 17.5 Å². The molecule has 1 heterocycles. The second kappa shape index (κ2) is 7.45. The molecule has 0 spiro atoms. The Bertz CT molecular complexity index is 1060. The van der Waals surface area contributed by atoms with Gasteiger partial charge in [-0.25, -0.2) is 4.79 Å². The molecule has 142 valence electrons. The normalized spacial score (nSPS) is 10.3. The first-order chi connectivity index (χ1) is 13.3. The third-order valence-corrected chi connectivity index (χ3v) is 3.55. The van der Waals surface area contributed by atoms with Crippen LogP contribution in [0.2, 0.25) is 0 Å². The van der Waals surface area contributed by atoms with Crippen molar-refractivity contribution in [2.75, 3.05) is 0 Å². The molecule has 0 unspecified atom stereocenters. The molecule has 11 heteroatoms. The fourth-order valence-electron chi connectivity index (χ4n) is 2.28. The number of rotatable bonds is 5. The molecule has 0 fully saturated rings. The van der Waals surface area contributed by atoms with Gasteiger partial charge in [0.05, 0.1) is 21.7 Å². The van der Waals surface area contributed by atoms with Gasteiger partial charge in [0, 0.05) is 29.8 Å². The number of ether oxygens (including phenoxy) is 2. The topological polar surface area (TPSA) is 155 Å². The smallest absolute Gasteiger partial charge is 0.480 e. The number of carbonyl (C=O) groups is 1. The van der Waals surface area contributed by atoms with E-state index < -0.39 is 21.9 Å². The van der Waals surface area contributed by atoms with Crippen LogP contribution in [0.5, 0.6) is 17.4 Å². The number of non-ortho nitro benzene ring substituents is 2. The predicted molar refractivity (Wildman–Crippen MR) is 92.2 cm³/mol. The summed E-state index contributed by atoms with van der Waals surface area (Å²) >= 11 is 0. The highest BCUT2D eigenvalue weighted by atomic mass is 16.7. The highest BCUT2D eigenvalue weighted by molar-refractivity contribution is 5.79. The van der Waals surface area contributed by atoms with Crippen LogP contribution in [-0.4, -0.2) is 21.1 Å². The fraction of sp³-hybridized carbons (Fsp3) is 0. The van der Waals surface area contributed by atoms with Crippen molar-refractivity contribution in [2.45, 2.75) is 0 Å². The van der Waals surface area contributed by atoms with Crippen LogP contribution in [0.4, 0.5) is 16.2 Å². The van der Waals surface area contributed by atoms with E-state index in [1.54, 1.807) is 0 Å². The molecule has 3 rings (SSSR count). The van der Waals surface area contributed by atoms with Crippen LogP contribution in [0.25, 0.3) is 11.1 Å². The number of furan rings is 1. The lowest BCUT2D eigenvalue weighted by Crippen LogP contribution is -2.14. The number of carbonyl (C=O) groups excluding carboxylic acids is 1. The summed E-state index contributed by atoms with van der Waals surface area (Å²) in [5.41, 5.74) is -0.386. The second-order valence-corrected chi connectivity index (χ2v) is 5.28. The van der Waals surface area contributed by atoms with Crippen molar-refractivity contribution < 1.29 is 33.6 Å². The number of hydrogen-bond acceptors (Lipinski definition) is 9. The minimum atomic E-state index is -1.19. The quantitative estimate of drug-likeness (QED) is 0.296. The monoisotopic (exact) mass is 386 g/mol. The third-order valence-electron chi connectivity index (χ3n) is 3.55. The van der Waals surface area contributed by atoms with Gasteiger partial charge in [0.2, 0.25) is 0 Å². The van der Waals surface area contributed by atoms with Crippen LogP contribution in [0.1, 0.15) is 0 Å². The molecule has 0 saturated carbocycles. The second-order valence-electron chi connectivity index (χ2n) is 5.28. The van der Waals surface area contributed by atoms with Gasteiger partial charge in [-0.3, -0.25) is 20.2 Å². The Hall–Kier alpha value is -4.41. The molecular weight excluding hydrogens is 376 g/mol. The Balaban J connectivity index is 1.85. The summed E-state index contributed by atoms with van der Waals surface area (Å²) in [6.07, 6.45) is -0.0328. The molecule has 0 radical (unpaired) electrons. The first-order valence-electron chi connectivity index (χ1n) is 7.54. The molecule has 0 saturated heterocycles. The van der Waals surface area contributed by atoms with Gasteiger partial charge in [-0.15, -0.1) is 0 Å². The maximum absolute atomic E-state index is 12.0. The van der Waals surface area contributed by atoms with Gasteiger partial charge in [-0.2, -0.15) is 0 Å². The van der Waals surface area contributed by atoms with Gasteiger partial charge in [0.15, 0.2) is 0 Å². The van der Waals surface area contributed by atoms with Gasteiger partial charge >= 0.3 is 6.16 Å². The van der Waals surface area contributed by atoms with E-state index in [2.05, 4.69) is 0 Å². The summed E-state index contributed by atoms with van der Waals surface area (Å²) in [6.45, 7) is 0. The Kier molecular flexibility index (Phi) is 4.89. The SMILES string of the molecule is O=C(Oc1ccc([N+](=O)[O-])cc1)Oc1ccc([N+](=O)[O-])cc1-c1ccoc1O. The molecule has 28 heavy (non-hydrogen) atoms. The first-order valence-corrected chi connectivity index (χ1v) is 7.54. The van der Waals surface area contributed by atoms with Crippen molar-refractivity contribution in [3.05, 3.63) is 75.0 Å². The Morgan fingerprint density at radius 3 is 2.11 bits per heavy atom. The standard InChI is InChI=1S/C17H10N2O9/c20-16-13(7-8-26-16)14-9-11(19(24)25)3-6-15(14)28-17(21)27-12-4-1-10(2-5-12)18(22)23/h1-9,20H. The average molecular weight is 386 g/mol. The molecule has 0 aliphatic rings. The molecule has 0 atom stereocenters. The van der Waals surface area contributed by atoms with E-state index in [1.165, 1.54) is 18.2 Å². The number of nitro benzene ring substituents is 2. The molecule has 2 aromatic carbocycles. The summed E-state index contributed by atoms with van der Waals surface area (Å²) < 4.78 is 14.8. The van der Waals surface area contributed by atoms with Crippen LogP contribution in [-0.2, 0) is 0 Å². The number of hydrogen-bond donors (Lipinski definition) is 1. The van der Waals surface area contributed by atoms with Crippen LogP contribution in [0.15, 0.2) is 59.2 Å². The van der Waals surface area contributed by atoms with Gasteiger partial charge in [0.1, 0.15) is 11.5 Å². The lowest BCUT2D eigenvalue weighted by atomic mass is 10.1. The van der Waals surface area contributed by atoms with E-state index in [9.17, 15) is 30.1 Å². The molecule has 0 bridgehead atoms. The van der Waals surface area contributed by atoms with Gasteiger partial charge < -0.3 is 19.0 Å². The highest BCUT2D eigenvalue weighted by Gasteiger charge is 2.20. The summed E-state index contributed by atoms with van der Waals surface area (Å²) in [5.74, 6) is -0.659.